The minimum absolute atomic E-state index is 0.0229. The average molecular weight is 414 g/mol. The average Bonchev–Trinajstić information content (AvgIpc) is 3.04. The number of allylic oxidation sites excluding steroid dienone is 1. The SMILES string of the molecule is Cc1cc(C=CC#N)cc([P@@](=O)(CO)c2c(C(N)=O)[nH]c3ccc(Cl)cc23)c1. The van der Waals surface area contributed by atoms with Crippen LogP contribution in [0.3, 0.4) is 0 Å². The molecule has 0 unspecified atom stereocenters. The van der Waals surface area contributed by atoms with Gasteiger partial charge in [0.2, 0.25) is 0 Å². The largest absolute Gasteiger partial charge is 0.388 e. The third-order valence-electron chi connectivity index (χ3n) is 4.39. The molecule has 0 bridgehead atoms. The summed E-state index contributed by atoms with van der Waals surface area (Å²) in [5.41, 5.74) is 7.49. The van der Waals surface area contributed by atoms with Crippen molar-refractivity contribution in [3.8, 4) is 6.07 Å². The number of H-pyrrole nitrogens is 1. The zero-order valence-corrected chi connectivity index (χ0v) is 16.6. The van der Waals surface area contributed by atoms with Crippen LogP contribution < -0.4 is 16.3 Å². The van der Waals surface area contributed by atoms with Crippen molar-refractivity contribution in [1.29, 1.82) is 5.26 Å². The second-order valence-corrected chi connectivity index (χ2v) is 9.51. The summed E-state index contributed by atoms with van der Waals surface area (Å²) >= 11 is 6.10. The summed E-state index contributed by atoms with van der Waals surface area (Å²) in [5.74, 6) is -0.784. The molecule has 0 aliphatic carbocycles. The number of carbonyl (C=O) groups excluding carboxylic acids is 1. The van der Waals surface area contributed by atoms with E-state index in [1.807, 2.05) is 19.1 Å². The normalized spacial score (nSPS) is 13.5. The van der Waals surface area contributed by atoms with Gasteiger partial charge in [0, 0.05) is 27.3 Å². The van der Waals surface area contributed by atoms with Crippen molar-refractivity contribution in [2.75, 3.05) is 6.35 Å². The van der Waals surface area contributed by atoms with Crippen LogP contribution in [0.15, 0.2) is 42.5 Å². The van der Waals surface area contributed by atoms with Crippen LogP contribution in [0, 0.1) is 18.3 Å². The highest BCUT2D eigenvalue weighted by Crippen LogP contribution is 2.46. The van der Waals surface area contributed by atoms with Gasteiger partial charge in [0.25, 0.3) is 5.91 Å². The van der Waals surface area contributed by atoms with E-state index < -0.39 is 19.4 Å². The maximum Gasteiger partial charge on any atom is 0.265 e. The summed E-state index contributed by atoms with van der Waals surface area (Å²) in [5, 5.41) is 20.3. The Morgan fingerprint density at radius 3 is 2.75 bits per heavy atom. The number of carbonyl (C=O) groups is 1. The van der Waals surface area contributed by atoms with E-state index in [0.29, 0.717) is 26.8 Å². The van der Waals surface area contributed by atoms with Crippen LogP contribution in [0.2, 0.25) is 5.02 Å². The molecule has 0 aliphatic rings. The van der Waals surface area contributed by atoms with Crippen LogP contribution in [-0.2, 0) is 4.57 Å². The molecule has 0 saturated carbocycles. The Morgan fingerprint density at radius 2 is 2.11 bits per heavy atom. The summed E-state index contributed by atoms with van der Waals surface area (Å²) < 4.78 is 14.1. The van der Waals surface area contributed by atoms with Gasteiger partial charge in [0.1, 0.15) is 12.0 Å². The van der Waals surface area contributed by atoms with Crippen molar-refractivity contribution in [3.63, 3.8) is 0 Å². The van der Waals surface area contributed by atoms with Crippen LogP contribution in [0.25, 0.3) is 17.0 Å². The molecule has 8 heteroatoms. The summed E-state index contributed by atoms with van der Waals surface area (Å²) in [6.07, 6.45) is 2.19. The van der Waals surface area contributed by atoms with E-state index in [1.165, 1.54) is 6.08 Å². The number of aryl methyl sites for hydroxylation is 1. The quantitative estimate of drug-likeness (QED) is 0.439. The second-order valence-electron chi connectivity index (χ2n) is 6.35. The molecule has 0 fully saturated rings. The van der Waals surface area contributed by atoms with Gasteiger partial charge in [-0.05, 0) is 54.5 Å². The number of aliphatic hydroxyl groups is 1. The van der Waals surface area contributed by atoms with Gasteiger partial charge in [-0.2, -0.15) is 5.26 Å². The molecule has 0 saturated heterocycles. The van der Waals surface area contributed by atoms with Gasteiger partial charge in [0.15, 0.2) is 7.14 Å². The topological polar surface area (TPSA) is 120 Å². The smallest absolute Gasteiger partial charge is 0.265 e. The molecule has 1 atom stereocenters. The van der Waals surface area contributed by atoms with E-state index in [0.717, 1.165) is 5.56 Å². The van der Waals surface area contributed by atoms with Gasteiger partial charge in [-0.1, -0.05) is 17.7 Å². The molecule has 2 aromatic carbocycles. The fraction of sp³-hybridized carbons (Fsp3) is 0.100. The molecule has 1 aromatic heterocycles. The number of nitrogens with two attached hydrogens (primary N) is 1. The van der Waals surface area contributed by atoms with Gasteiger partial charge >= 0.3 is 0 Å². The minimum Gasteiger partial charge on any atom is -0.388 e. The predicted molar refractivity (Wildman–Crippen MR) is 112 cm³/mol. The number of hydrogen-bond donors (Lipinski definition) is 3. The van der Waals surface area contributed by atoms with Crippen LogP contribution >= 0.6 is 18.7 Å². The van der Waals surface area contributed by atoms with E-state index in [-0.39, 0.29) is 11.0 Å². The molecule has 0 spiro atoms. The Labute approximate surface area is 166 Å². The van der Waals surface area contributed by atoms with Crippen LogP contribution in [0.5, 0.6) is 0 Å². The molecule has 4 N–H and O–H groups in total. The van der Waals surface area contributed by atoms with Gasteiger partial charge in [-0.15, -0.1) is 0 Å². The van der Waals surface area contributed by atoms with Gasteiger partial charge in [-0.25, -0.2) is 0 Å². The van der Waals surface area contributed by atoms with E-state index in [9.17, 15) is 14.5 Å². The molecule has 3 rings (SSSR count). The summed E-state index contributed by atoms with van der Waals surface area (Å²) in [6, 6.07) is 11.9. The highest BCUT2D eigenvalue weighted by Gasteiger charge is 2.34. The lowest BCUT2D eigenvalue weighted by Crippen LogP contribution is -2.26. The first-order valence-electron chi connectivity index (χ1n) is 8.30. The number of fused-ring (bicyclic) bond motifs is 1. The number of nitrogens with one attached hydrogen (secondary N) is 1. The van der Waals surface area contributed by atoms with Gasteiger partial charge < -0.3 is 20.4 Å². The molecule has 6 nitrogen and oxygen atoms in total. The lowest BCUT2D eigenvalue weighted by atomic mass is 10.1. The number of aromatic amines is 1. The lowest BCUT2D eigenvalue weighted by molar-refractivity contribution is 0.0997. The van der Waals surface area contributed by atoms with E-state index in [4.69, 9.17) is 22.6 Å². The number of primary amides is 1. The minimum atomic E-state index is -3.65. The van der Waals surface area contributed by atoms with Crippen molar-refractivity contribution < 1.29 is 14.5 Å². The maximum absolute atomic E-state index is 14.1. The molecule has 0 aliphatic heterocycles. The summed E-state index contributed by atoms with van der Waals surface area (Å²) in [7, 11) is -3.65. The zero-order chi connectivity index (χ0) is 20.5. The number of halogens is 1. The molecule has 28 heavy (non-hydrogen) atoms. The number of rotatable bonds is 5. The lowest BCUT2D eigenvalue weighted by Gasteiger charge is -2.18. The van der Waals surface area contributed by atoms with Crippen molar-refractivity contribution in [3.05, 3.63) is 64.3 Å². The fourth-order valence-electron chi connectivity index (χ4n) is 3.22. The Bertz CT molecular complexity index is 1210. The second kappa shape index (κ2) is 7.65. The van der Waals surface area contributed by atoms with E-state index in [1.54, 1.807) is 36.4 Å². The van der Waals surface area contributed by atoms with Gasteiger partial charge in [0.05, 0.1) is 11.4 Å². The van der Waals surface area contributed by atoms with Crippen LogP contribution in [0.1, 0.15) is 21.6 Å². The monoisotopic (exact) mass is 413 g/mol. The van der Waals surface area contributed by atoms with Crippen molar-refractivity contribution >= 4 is 52.2 Å². The first kappa shape index (κ1) is 19.9. The standard InChI is InChI=1S/C20H17ClN3O3P/c1-12-7-13(3-2-6-22)9-15(8-12)28(27,11-25)19-16-10-14(21)4-5-17(16)24-18(19)20(23)26/h2-5,7-10,24-25H,11H2,1H3,(H2,23,26)/t28-/m0/s1. The fourth-order valence-corrected chi connectivity index (χ4v) is 5.82. The number of aliphatic hydroxyl groups excluding tert-OH is 1. The Kier molecular flexibility index (Phi) is 5.44. The first-order chi connectivity index (χ1) is 13.3. The molecule has 0 radical (unpaired) electrons. The zero-order valence-electron chi connectivity index (χ0n) is 14.9. The third kappa shape index (κ3) is 3.48. The molecular weight excluding hydrogens is 397 g/mol. The maximum atomic E-state index is 14.1. The van der Waals surface area contributed by atoms with Crippen LogP contribution in [-0.4, -0.2) is 22.3 Å². The first-order valence-corrected chi connectivity index (χ1v) is 10.6. The van der Waals surface area contributed by atoms with Crippen molar-refractivity contribution in [1.82, 2.24) is 4.98 Å². The Balaban J connectivity index is 2.36. The predicted octanol–water partition coefficient (Wildman–Crippen LogP) is 3.03. The van der Waals surface area contributed by atoms with Crippen molar-refractivity contribution in [2.24, 2.45) is 5.73 Å². The number of amides is 1. The summed E-state index contributed by atoms with van der Waals surface area (Å²) in [4.78, 5) is 14.9. The molecule has 1 amide bonds. The molecular formula is C20H17ClN3O3P. The van der Waals surface area contributed by atoms with Crippen LogP contribution in [0.4, 0.5) is 0 Å². The Hall–Kier alpha value is -2.84. The third-order valence-corrected chi connectivity index (χ3v) is 7.30. The number of hydrogen-bond acceptors (Lipinski definition) is 4. The number of aromatic nitrogens is 1. The molecule has 142 valence electrons. The number of nitriles is 1. The highest BCUT2D eigenvalue weighted by molar-refractivity contribution is 7.79. The number of nitrogens with zero attached hydrogens (tertiary/aromatic N) is 1. The number of benzene rings is 2. The van der Waals surface area contributed by atoms with E-state index >= 15 is 0 Å². The highest BCUT2D eigenvalue weighted by atomic mass is 35.5. The Morgan fingerprint density at radius 1 is 1.36 bits per heavy atom. The molecule has 1 heterocycles. The summed E-state index contributed by atoms with van der Waals surface area (Å²) in [6.45, 7) is 1.82. The van der Waals surface area contributed by atoms with Crippen molar-refractivity contribution in [2.45, 2.75) is 6.92 Å². The van der Waals surface area contributed by atoms with Gasteiger partial charge in [-0.3, -0.25) is 4.79 Å². The van der Waals surface area contributed by atoms with E-state index in [2.05, 4.69) is 4.98 Å². The molecule has 3 aromatic rings.